The van der Waals surface area contributed by atoms with Crippen LogP contribution in [0.2, 0.25) is 5.02 Å². The van der Waals surface area contributed by atoms with Gasteiger partial charge < -0.3 is 10.1 Å². The molecule has 0 saturated carbocycles. The summed E-state index contributed by atoms with van der Waals surface area (Å²) >= 11 is 7.74. The van der Waals surface area contributed by atoms with Crippen molar-refractivity contribution in [3.63, 3.8) is 0 Å². The van der Waals surface area contributed by atoms with E-state index < -0.39 is 6.10 Å². The zero-order valence-corrected chi connectivity index (χ0v) is 14.7. The van der Waals surface area contributed by atoms with E-state index in [1.807, 2.05) is 24.8 Å². The Morgan fingerprint density at radius 3 is 2.71 bits per heavy atom. The standard InChI is InChI=1S/C16H24ClNO2S/c1-5-14(20-13-8-6-7-12(17)11-13)15(19)18-9-10-21-16(2,3)4/h6-8,11,14H,5,9-10H2,1-4H3,(H,18,19)/t14-/m0/s1. The van der Waals surface area contributed by atoms with Crippen molar-refractivity contribution in [2.75, 3.05) is 12.3 Å². The number of hydrogen-bond acceptors (Lipinski definition) is 3. The van der Waals surface area contributed by atoms with Crippen LogP contribution in [0.1, 0.15) is 34.1 Å². The predicted octanol–water partition coefficient (Wildman–Crippen LogP) is 4.15. The lowest BCUT2D eigenvalue weighted by atomic mass is 10.2. The summed E-state index contributed by atoms with van der Waals surface area (Å²) < 4.78 is 5.92. The first-order chi connectivity index (χ1) is 9.81. The third-order valence-electron chi connectivity index (χ3n) is 2.67. The Morgan fingerprint density at radius 1 is 1.43 bits per heavy atom. The first kappa shape index (κ1) is 18.2. The molecule has 1 atom stereocenters. The molecule has 0 aromatic heterocycles. The highest BCUT2D eigenvalue weighted by atomic mass is 35.5. The second-order valence-corrected chi connectivity index (χ2v) is 8.08. The average Bonchev–Trinajstić information content (AvgIpc) is 2.39. The van der Waals surface area contributed by atoms with E-state index in [2.05, 4.69) is 26.1 Å². The van der Waals surface area contributed by atoms with E-state index in [1.165, 1.54) is 0 Å². The highest BCUT2D eigenvalue weighted by Crippen LogP contribution is 2.22. The van der Waals surface area contributed by atoms with Gasteiger partial charge in [-0.3, -0.25) is 4.79 Å². The third-order valence-corrected chi connectivity index (χ3v) is 4.18. The van der Waals surface area contributed by atoms with Crippen molar-refractivity contribution in [3.05, 3.63) is 29.3 Å². The van der Waals surface area contributed by atoms with E-state index in [1.54, 1.807) is 18.2 Å². The molecule has 0 aliphatic carbocycles. The second-order valence-electron chi connectivity index (χ2n) is 5.72. The Kier molecular flexibility index (Phi) is 7.40. The molecule has 3 nitrogen and oxygen atoms in total. The maximum atomic E-state index is 12.1. The number of thioether (sulfide) groups is 1. The van der Waals surface area contributed by atoms with Crippen molar-refractivity contribution in [3.8, 4) is 5.75 Å². The number of rotatable bonds is 7. The quantitative estimate of drug-likeness (QED) is 0.764. The summed E-state index contributed by atoms with van der Waals surface area (Å²) in [6, 6.07) is 7.10. The van der Waals surface area contributed by atoms with E-state index in [4.69, 9.17) is 16.3 Å². The normalized spacial score (nSPS) is 12.8. The molecule has 0 spiro atoms. The van der Waals surface area contributed by atoms with Crippen LogP contribution in [0, 0.1) is 0 Å². The van der Waals surface area contributed by atoms with Gasteiger partial charge in [-0.15, -0.1) is 0 Å². The topological polar surface area (TPSA) is 38.3 Å². The van der Waals surface area contributed by atoms with E-state index >= 15 is 0 Å². The molecule has 1 aromatic carbocycles. The van der Waals surface area contributed by atoms with Gasteiger partial charge in [-0.05, 0) is 24.6 Å². The largest absolute Gasteiger partial charge is 0.481 e. The van der Waals surface area contributed by atoms with Gasteiger partial charge in [0.25, 0.3) is 5.91 Å². The number of halogens is 1. The molecule has 5 heteroatoms. The molecule has 1 N–H and O–H groups in total. The maximum Gasteiger partial charge on any atom is 0.261 e. The lowest BCUT2D eigenvalue weighted by molar-refractivity contribution is -0.127. The molecule has 0 fully saturated rings. The number of amides is 1. The van der Waals surface area contributed by atoms with Gasteiger partial charge in [0.2, 0.25) is 0 Å². The number of hydrogen-bond donors (Lipinski definition) is 1. The molecular weight excluding hydrogens is 306 g/mol. The fourth-order valence-electron chi connectivity index (χ4n) is 1.67. The Hall–Kier alpha value is -0.870. The molecule has 0 radical (unpaired) electrons. The SMILES string of the molecule is CC[C@H](Oc1cccc(Cl)c1)C(=O)NCCSC(C)(C)C. The van der Waals surface area contributed by atoms with Crippen molar-refractivity contribution in [2.45, 2.75) is 45.0 Å². The second kappa shape index (κ2) is 8.54. The predicted molar refractivity (Wildman–Crippen MR) is 91.4 cm³/mol. The summed E-state index contributed by atoms with van der Waals surface area (Å²) in [6.07, 6.45) is 0.133. The smallest absolute Gasteiger partial charge is 0.261 e. The van der Waals surface area contributed by atoms with Gasteiger partial charge in [-0.1, -0.05) is 45.4 Å². The monoisotopic (exact) mass is 329 g/mol. The minimum atomic E-state index is -0.483. The molecule has 118 valence electrons. The van der Waals surface area contributed by atoms with Crippen molar-refractivity contribution in [2.24, 2.45) is 0 Å². The van der Waals surface area contributed by atoms with Crippen LogP contribution in [-0.4, -0.2) is 29.1 Å². The molecule has 21 heavy (non-hydrogen) atoms. The van der Waals surface area contributed by atoms with Crippen molar-refractivity contribution in [1.29, 1.82) is 0 Å². The highest BCUT2D eigenvalue weighted by Gasteiger charge is 2.18. The number of benzene rings is 1. The van der Waals surface area contributed by atoms with Crippen molar-refractivity contribution in [1.82, 2.24) is 5.32 Å². The van der Waals surface area contributed by atoms with Crippen LogP contribution in [0.4, 0.5) is 0 Å². The van der Waals surface area contributed by atoms with E-state index in [0.717, 1.165) is 5.75 Å². The minimum absolute atomic E-state index is 0.0769. The lowest BCUT2D eigenvalue weighted by Gasteiger charge is -2.19. The Balaban J connectivity index is 2.43. The molecule has 0 bridgehead atoms. The molecule has 0 heterocycles. The van der Waals surface area contributed by atoms with Crippen LogP contribution < -0.4 is 10.1 Å². The average molecular weight is 330 g/mol. The highest BCUT2D eigenvalue weighted by molar-refractivity contribution is 8.00. The van der Waals surface area contributed by atoms with Gasteiger partial charge in [0.05, 0.1) is 0 Å². The fourth-order valence-corrected chi connectivity index (χ4v) is 2.67. The summed E-state index contributed by atoms with van der Waals surface area (Å²) in [7, 11) is 0. The molecule has 0 saturated heterocycles. The van der Waals surface area contributed by atoms with Gasteiger partial charge >= 0.3 is 0 Å². The van der Waals surface area contributed by atoms with Crippen molar-refractivity contribution >= 4 is 29.3 Å². The summed E-state index contributed by atoms with van der Waals surface area (Å²) in [4.78, 5) is 12.1. The lowest BCUT2D eigenvalue weighted by Crippen LogP contribution is -2.39. The Labute approximate surface area is 136 Å². The first-order valence-electron chi connectivity index (χ1n) is 7.15. The van der Waals surface area contributed by atoms with E-state index in [9.17, 15) is 4.79 Å². The number of carbonyl (C=O) groups excluding carboxylic acids is 1. The van der Waals surface area contributed by atoms with Gasteiger partial charge in [0.1, 0.15) is 5.75 Å². The minimum Gasteiger partial charge on any atom is -0.481 e. The third kappa shape index (κ3) is 7.63. The van der Waals surface area contributed by atoms with Crippen molar-refractivity contribution < 1.29 is 9.53 Å². The van der Waals surface area contributed by atoms with Crippen LogP contribution in [0.15, 0.2) is 24.3 Å². The summed E-state index contributed by atoms with van der Waals surface area (Å²) in [6.45, 7) is 9.07. The number of ether oxygens (including phenoxy) is 1. The van der Waals surface area contributed by atoms with Gasteiger partial charge in [-0.25, -0.2) is 0 Å². The van der Waals surface area contributed by atoms with Crippen LogP contribution in [0.5, 0.6) is 5.75 Å². The molecule has 1 rings (SSSR count). The zero-order valence-electron chi connectivity index (χ0n) is 13.1. The summed E-state index contributed by atoms with van der Waals surface area (Å²) in [5.74, 6) is 1.43. The summed E-state index contributed by atoms with van der Waals surface area (Å²) in [5, 5.41) is 3.52. The van der Waals surface area contributed by atoms with Crippen LogP contribution in [-0.2, 0) is 4.79 Å². The van der Waals surface area contributed by atoms with Crippen LogP contribution in [0.3, 0.4) is 0 Å². The Morgan fingerprint density at radius 2 is 2.14 bits per heavy atom. The molecule has 1 amide bonds. The van der Waals surface area contributed by atoms with Crippen LogP contribution >= 0.6 is 23.4 Å². The van der Waals surface area contributed by atoms with Gasteiger partial charge in [-0.2, -0.15) is 11.8 Å². The molecule has 0 aliphatic heterocycles. The van der Waals surface area contributed by atoms with E-state index in [-0.39, 0.29) is 10.7 Å². The molecule has 0 aliphatic rings. The zero-order chi connectivity index (χ0) is 15.9. The van der Waals surface area contributed by atoms with Gasteiger partial charge in [0.15, 0.2) is 6.10 Å². The first-order valence-corrected chi connectivity index (χ1v) is 8.52. The number of nitrogens with one attached hydrogen (secondary N) is 1. The molecule has 1 aromatic rings. The van der Waals surface area contributed by atoms with Crippen LogP contribution in [0.25, 0.3) is 0 Å². The maximum absolute atomic E-state index is 12.1. The fraction of sp³-hybridized carbons (Fsp3) is 0.562. The molecular formula is C16H24ClNO2S. The Bertz CT molecular complexity index is 460. The number of carbonyl (C=O) groups is 1. The summed E-state index contributed by atoms with van der Waals surface area (Å²) in [5.41, 5.74) is 0. The van der Waals surface area contributed by atoms with E-state index in [0.29, 0.717) is 23.7 Å². The van der Waals surface area contributed by atoms with Gasteiger partial charge in [0, 0.05) is 22.1 Å². The molecule has 0 unspecified atom stereocenters.